The van der Waals surface area contributed by atoms with Crippen molar-refractivity contribution in [3.05, 3.63) is 0 Å². The molecule has 23 heavy (non-hydrogen) atoms. The molecule has 0 aromatic rings. The fraction of sp³-hybridized carbons (Fsp3) is 0.875. The number of carbonyl (C=O) groups is 2. The second-order valence-corrected chi connectivity index (χ2v) is 8.81. The Morgan fingerprint density at radius 1 is 0.957 bits per heavy atom. The summed E-state index contributed by atoms with van der Waals surface area (Å²) in [6.45, 7) is 0. The average Bonchev–Trinajstić information content (AvgIpc) is 2.47. The molecule has 0 unspecified atom stereocenters. The van der Waals surface area contributed by atoms with E-state index in [9.17, 15) is 18.0 Å². The fourth-order valence-electron chi connectivity index (χ4n) is 3.71. The van der Waals surface area contributed by atoms with Crippen LogP contribution in [0.1, 0.15) is 64.2 Å². The molecule has 0 aromatic heterocycles. The van der Waals surface area contributed by atoms with Gasteiger partial charge in [-0.3, -0.25) is 14.3 Å². The summed E-state index contributed by atoms with van der Waals surface area (Å²) in [4.78, 5) is 23.9. The molecule has 0 aliphatic heterocycles. The van der Waals surface area contributed by atoms with Crippen molar-refractivity contribution in [2.24, 2.45) is 11.8 Å². The van der Waals surface area contributed by atoms with Gasteiger partial charge in [-0.05, 0) is 44.4 Å². The molecule has 6 nitrogen and oxygen atoms in total. The number of hydrogen-bond donors (Lipinski definition) is 2. The molecule has 2 aliphatic carbocycles. The van der Waals surface area contributed by atoms with Crippen LogP contribution in [0.2, 0.25) is 0 Å². The SMILES string of the molecule is CS(=O)(=O)NC(=O)C1CCC(NC(=O)CC2CCCCC2)CC1. The summed E-state index contributed by atoms with van der Waals surface area (Å²) in [5, 5.41) is 3.08. The van der Waals surface area contributed by atoms with Gasteiger partial charge in [-0.2, -0.15) is 0 Å². The number of sulfonamides is 1. The van der Waals surface area contributed by atoms with E-state index < -0.39 is 15.9 Å². The molecule has 2 N–H and O–H groups in total. The maximum absolute atomic E-state index is 12.1. The molecule has 0 bridgehead atoms. The summed E-state index contributed by atoms with van der Waals surface area (Å²) in [6.07, 6.45) is 10.4. The summed E-state index contributed by atoms with van der Waals surface area (Å²) in [5.74, 6) is -0.0303. The van der Waals surface area contributed by atoms with E-state index in [2.05, 4.69) is 5.32 Å². The second kappa shape index (κ2) is 8.13. The Kier molecular flexibility index (Phi) is 6.44. The highest BCUT2D eigenvalue weighted by Gasteiger charge is 2.28. The highest BCUT2D eigenvalue weighted by atomic mass is 32.2. The van der Waals surface area contributed by atoms with Crippen LogP contribution in [-0.2, 0) is 19.6 Å². The van der Waals surface area contributed by atoms with Gasteiger partial charge in [-0.25, -0.2) is 8.42 Å². The van der Waals surface area contributed by atoms with E-state index in [0.29, 0.717) is 25.2 Å². The molecule has 132 valence electrons. The Morgan fingerprint density at radius 3 is 2.13 bits per heavy atom. The molecule has 0 aromatic carbocycles. The van der Waals surface area contributed by atoms with E-state index in [1.807, 2.05) is 4.72 Å². The van der Waals surface area contributed by atoms with Gasteiger partial charge in [0.05, 0.1) is 6.26 Å². The number of nitrogens with one attached hydrogen (secondary N) is 2. The predicted molar refractivity (Wildman–Crippen MR) is 88.1 cm³/mol. The lowest BCUT2D eigenvalue weighted by Crippen LogP contribution is -2.42. The predicted octanol–water partition coefficient (Wildman–Crippen LogP) is 1.71. The van der Waals surface area contributed by atoms with Crippen molar-refractivity contribution in [3.8, 4) is 0 Å². The van der Waals surface area contributed by atoms with Crippen molar-refractivity contribution in [2.45, 2.75) is 70.3 Å². The normalized spacial score (nSPS) is 26.5. The summed E-state index contributed by atoms with van der Waals surface area (Å²) in [7, 11) is -3.49. The Balaban J connectivity index is 1.69. The zero-order valence-corrected chi connectivity index (χ0v) is 14.7. The molecule has 7 heteroatoms. The van der Waals surface area contributed by atoms with Crippen molar-refractivity contribution in [3.63, 3.8) is 0 Å². The van der Waals surface area contributed by atoms with Crippen molar-refractivity contribution < 1.29 is 18.0 Å². The molecule has 0 atom stereocenters. The Labute approximate surface area is 138 Å². The minimum absolute atomic E-state index is 0.119. The van der Waals surface area contributed by atoms with Crippen molar-refractivity contribution in [1.82, 2.24) is 10.0 Å². The van der Waals surface area contributed by atoms with Crippen LogP contribution in [0.5, 0.6) is 0 Å². The van der Waals surface area contributed by atoms with Gasteiger partial charge in [0.1, 0.15) is 0 Å². The monoisotopic (exact) mass is 344 g/mol. The number of hydrogen-bond acceptors (Lipinski definition) is 4. The lowest BCUT2D eigenvalue weighted by molar-refractivity contribution is -0.124. The summed E-state index contributed by atoms with van der Waals surface area (Å²) in [5.41, 5.74) is 0. The van der Waals surface area contributed by atoms with E-state index in [0.717, 1.165) is 31.9 Å². The van der Waals surface area contributed by atoms with Crippen molar-refractivity contribution >= 4 is 21.8 Å². The lowest BCUT2D eigenvalue weighted by Gasteiger charge is -2.29. The number of amides is 2. The van der Waals surface area contributed by atoms with Gasteiger partial charge >= 0.3 is 0 Å². The van der Waals surface area contributed by atoms with Gasteiger partial charge in [-0.15, -0.1) is 0 Å². The van der Waals surface area contributed by atoms with Crippen LogP contribution in [0.4, 0.5) is 0 Å². The van der Waals surface area contributed by atoms with Gasteiger partial charge in [-0.1, -0.05) is 19.3 Å². The van der Waals surface area contributed by atoms with Crippen molar-refractivity contribution in [1.29, 1.82) is 0 Å². The second-order valence-electron chi connectivity index (χ2n) is 7.06. The minimum Gasteiger partial charge on any atom is -0.353 e. The topological polar surface area (TPSA) is 92.3 Å². The molecule has 0 spiro atoms. The van der Waals surface area contributed by atoms with E-state index in [1.54, 1.807) is 0 Å². The first kappa shape index (κ1) is 18.2. The molecule has 0 heterocycles. The first-order valence-electron chi connectivity index (χ1n) is 8.64. The van der Waals surface area contributed by atoms with Crippen LogP contribution in [0.25, 0.3) is 0 Å². The highest BCUT2D eigenvalue weighted by molar-refractivity contribution is 7.89. The summed E-state index contributed by atoms with van der Waals surface area (Å²) in [6, 6.07) is 0.119. The third kappa shape index (κ3) is 6.49. The van der Waals surface area contributed by atoms with Crippen LogP contribution in [0.3, 0.4) is 0 Å². The van der Waals surface area contributed by atoms with Crippen LogP contribution >= 0.6 is 0 Å². The average molecular weight is 344 g/mol. The molecule has 0 radical (unpaired) electrons. The third-order valence-electron chi connectivity index (χ3n) is 4.95. The van der Waals surface area contributed by atoms with Gasteiger partial charge < -0.3 is 5.32 Å². The summed E-state index contributed by atoms with van der Waals surface area (Å²) >= 11 is 0. The van der Waals surface area contributed by atoms with E-state index >= 15 is 0 Å². The third-order valence-corrected chi connectivity index (χ3v) is 5.52. The Bertz CT molecular complexity index is 518. The van der Waals surface area contributed by atoms with Crippen LogP contribution in [0.15, 0.2) is 0 Å². The van der Waals surface area contributed by atoms with E-state index in [-0.39, 0.29) is 17.9 Å². The number of carbonyl (C=O) groups excluding carboxylic acids is 2. The molecule has 0 saturated heterocycles. The molecule has 2 fully saturated rings. The van der Waals surface area contributed by atoms with Crippen LogP contribution < -0.4 is 10.0 Å². The minimum atomic E-state index is -3.49. The molecular weight excluding hydrogens is 316 g/mol. The maximum atomic E-state index is 12.1. The standard InChI is InChI=1S/C16H28N2O4S/c1-23(21,22)18-16(20)13-7-9-14(10-8-13)17-15(19)11-12-5-3-2-4-6-12/h12-14H,2-11H2,1H3,(H,17,19)(H,18,20). The summed E-state index contributed by atoms with van der Waals surface area (Å²) < 4.78 is 24.2. The zero-order valence-electron chi connectivity index (χ0n) is 13.8. The van der Waals surface area contributed by atoms with Crippen LogP contribution in [-0.4, -0.2) is 32.5 Å². The molecule has 2 saturated carbocycles. The Hall–Kier alpha value is -1.11. The van der Waals surface area contributed by atoms with Crippen molar-refractivity contribution in [2.75, 3.05) is 6.26 Å². The first-order valence-corrected chi connectivity index (χ1v) is 10.5. The molecule has 2 rings (SSSR count). The first-order chi connectivity index (χ1) is 10.8. The van der Waals surface area contributed by atoms with Gasteiger partial charge in [0.15, 0.2) is 0 Å². The smallest absolute Gasteiger partial charge is 0.236 e. The van der Waals surface area contributed by atoms with Crippen LogP contribution in [0, 0.1) is 11.8 Å². The van der Waals surface area contributed by atoms with Gasteiger partial charge in [0.2, 0.25) is 21.8 Å². The molecule has 2 amide bonds. The quantitative estimate of drug-likeness (QED) is 0.794. The maximum Gasteiger partial charge on any atom is 0.236 e. The van der Waals surface area contributed by atoms with E-state index in [1.165, 1.54) is 19.3 Å². The zero-order chi connectivity index (χ0) is 16.9. The molecular formula is C16H28N2O4S. The number of rotatable bonds is 5. The largest absolute Gasteiger partial charge is 0.353 e. The highest BCUT2D eigenvalue weighted by Crippen LogP contribution is 2.27. The Morgan fingerprint density at radius 2 is 1.57 bits per heavy atom. The van der Waals surface area contributed by atoms with E-state index in [4.69, 9.17) is 0 Å². The fourth-order valence-corrected chi connectivity index (χ4v) is 4.24. The van der Waals surface area contributed by atoms with Gasteiger partial charge in [0.25, 0.3) is 0 Å². The molecule has 2 aliphatic rings. The lowest BCUT2D eigenvalue weighted by atomic mass is 9.84. The van der Waals surface area contributed by atoms with Gasteiger partial charge in [0, 0.05) is 18.4 Å².